The summed E-state index contributed by atoms with van der Waals surface area (Å²) in [7, 11) is 0. The van der Waals surface area contributed by atoms with E-state index in [1.165, 1.54) is 0 Å². The number of nitrogens with one attached hydrogen (secondary N) is 2. The molecule has 1 aromatic rings. The molecule has 100 valence electrons. The average molecular weight is 316 g/mol. The SMILES string of the molecule is CCn1cc(Br)cc1C(=O)NCC1CNCC1O. The van der Waals surface area contributed by atoms with Gasteiger partial charge in [0.2, 0.25) is 0 Å². The summed E-state index contributed by atoms with van der Waals surface area (Å²) in [6.07, 6.45) is 1.52. The van der Waals surface area contributed by atoms with Crippen LogP contribution in [0.2, 0.25) is 0 Å². The van der Waals surface area contributed by atoms with Gasteiger partial charge in [-0.15, -0.1) is 0 Å². The first kappa shape index (κ1) is 13.6. The van der Waals surface area contributed by atoms with Gasteiger partial charge in [0.25, 0.3) is 5.91 Å². The van der Waals surface area contributed by atoms with E-state index in [4.69, 9.17) is 0 Å². The van der Waals surface area contributed by atoms with Crippen LogP contribution in [0.25, 0.3) is 0 Å². The first-order valence-corrected chi connectivity index (χ1v) is 6.93. The highest BCUT2D eigenvalue weighted by Gasteiger charge is 2.25. The quantitative estimate of drug-likeness (QED) is 0.761. The van der Waals surface area contributed by atoms with Crippen LogP contribution in [0.4, 0.5) is 0 Å². The minimum absolute atomic E-state index is 0.0957. The van der Waals surface area contributed by atoms with Crippen molar-refractivity contribution in [3.05, 3.63) is 22.4 Å². The number of amides is 1. The Morgan fingerprint density at radius 1 is 1.67 bits per heavy atom. The van der Waals surface area contributed by atoms with Gasteiger partial charge in [0, 0.05) is 42.8 Å². The van der Waals surface area contributed by atoms with Crippen LogP contribution in [0.1, 0.15) is 17.4 Å². The fourth-order valence-electron chi connectivity index (χ4n) is 2.17. The molecule has 2 rings (SSSR count). The Hall–Kier alpha value is -0.850. The predicted octanol–water partition coefficient (Wildman–Crippen LogP) is 0.581. The average Bonchev–Trinajstić information content (AvgIpc) is 2.92. The number of rotatable bonds is 4. The van der Waals surface area contributed by atoms with E-state index in [2.05, 4.69) is 26.6 Å². The van der Waals surface area contributed by atoms with Crippen molar-refractivity contribution in [2.24, 2.45) is 5.92 Å². The fourth-order valence-corrected chi connectivity index (χ4v) is 2.63. The zero-order chi connectivity index (χ0) is 13.1. The van der Waals surface area contributed by atoms with E-state index in [0.717, 1.165) is 17.6 Å². The van der Waals surface area contributed by atoms with Crippen LogP contribution < -0.4 is 10.6 Å². The van der Waals surface area contributed by atoms with Crippen molar-refractivity contribution in [2.75, 3.05) is 19.6 Å². The molecule has 2 unspecified atom stereocenters. The lowest BCUT2D eigenvalue weighted by atomic mass is 10.1. The van der Waals surface area contributed by atoms with Crippen molar-refractivity contribution >= 4 is 21.8 Å². The van der Waals surface area contributed by atoms with Gasteiger partial charge in [-0.25, -0.2) is 0 Å². The summed E-state index contributed by atoms with van der Waals surface area (Å²) in [5.41, 5.74) is 0.643. The minimum Gasteiger partial charge on any atom is -0.391 e. The summed E-state index contributed by atoms with van der Waals surface area (Å²) in [5.74, 6) is 0.00378. The molecular formula is C12H18BrN3O2. The maximum atomic E-state index is 12.0. The highest BCUT2D eigenvalue weighted by atomic mass is 79.9. The van der Waals surface area contributed by atoms with Gasteiger partial charge in [0.05, 0.1) is 6.10 Å². The normalized spacial score (nSPS) is 23.3. The van der Waals surface area contributed by atoms with Crippen molar-refractivity contribution in [1.29, 1.82) is 0 Å². The van der Waals surface area contributed by atoms with E-state index in [0.29, 0.717) is 18.8 Å². The zero-order valence-corrected chi connectivity index (χ0v) is 11.9. The summed E-state index contributed by atoms with van der Waals surface area (Å²) in [6.45, 7) is 4.60. The molecule has 1 fully saturated rings. The van der Waals surface area contributed by atoms with Crippen LogP contribution in [-0.4, -0.2) is 41.3 Å². The molecule has 3 N–H and O–H groups in total. The fraction of sp³-hybridized carbons (Fsp3) is 0.583. The van der Waals surface area contributed by atoms with E-state index in [-0.39, 0.29) is 17.9 Å². The molecule has 1 aliphatic rings. The number of carbonyl (C=O) groups is 1. The summed E-state index contributed by atoms with van der Waals surface area (Å²) < 4.78 is 2.79. The van der Waals surface area contributed by atoms with Crippen molar-refractivity contribution in [3.63, 3.8) is 0 Å². The second-order valence-corrected chi connectivity index (χ2v) is 5.44. The molecule has 1 saturated heterocycles. The molecule has 18 heavy (non-hydrogen) atoms. The molecule has 0 spiro atoms. The third-order valence-electron chi connectivity index (χ3n) is 3.27. The minimum atomic E-state index is -0.366. The molecule has 0 aromatic carbocycles. The maximum absolute atomic E-state index is 12.0. The lowest BCUT2D eigenvalue weighted by Gasteiger charge is -2.14. The third kappa shape index (κ3) is 2.93. The Bertz CT molecular complexity index is 433. The predicted molar refractivity (Wildman–Crippen MR) is 72.5 cm³/mol. The Kier molecular flexibility index (Phi) is 4.42. The second kappa shape index (κ2) is 5.86. The van der Waals surface area contributed by atoms with Gasteiger partial charge in [-0.2, -0.15) is 0 Å². The monoisotopic (exact) mass is 315 g/mol. The topological polar surface area (TPSA) is 66.3 Å². The smallest absolute Gasteiger partial charge is 0.267 e. The molecule has 0 radical (unpaired) electrons. The number of aliphatic hydroxyl groups excluding tert-OH is 1. The number of aliphatic hydroxyl groups is 1. The van der Waals surface area contributed by atoms with Crippen molar-refractivity contribution in [1.82, 2.24) is 15.2 Å². The molecule has 0 bridgehead atoms. The molecular weight excluding hydrogens is 298 g/mol. The molecule has 0 aliphatic carbocycles. The van der Waals surface area contributed by atoms with Gasteiger partial charge < -0.3 is 20.3 Å². The van der Waals surface area contributed by atoms with E-state index in [1.807, 2.05) is 23.8 Å². The lowest BCUT2D eigenvalue weighted by molar-refractivity contribution is 0.0918. The molecule has 1 aromatic heterocycles. The number of halogens is 1. The summed E-state index contributed by atoms with van der Waals surface area (Å²) >= 11 is 3.37. The lowest BCUT2D eigenvalue weighted by Crippen LogP contribution is -2.35. The standard InChI is InChI=1S/C12H18BrN3O2/c1-2-16-7-9(13)3-10(16)12(18)15-5-8-4-14-6-11(8)17/h3,7-8,11,14,17H,2,4-6H2,1H3,(H,15,18). The Morgan fingerprint density at radius 3 is 3.06 bits per heavy atom. The number of aryl methyl sites for hydroxylation is 1. The van der Waals surface area contributed by atoms with Crippen LogP contribution in [0.5, 0.6) is 0 Å². The number of nitrogens with zero attached hydrogens (tertiary/aromatic N) is 1. The van der Waals surface area contributed by atoms with E-state index in [9.17, 15) is 9.90 Å². The number of β-amino-alcohol motifs (C(OH)–C–C–N with tert-alkyl or cyclic N) is 1. The zero-order valence-electron chi connectivity index (χ0n) is 10.3. The van der Waals surface area contributed by atoms with Gasteiger partial charge in [0.15, 0.2) is 0 Å². The summed E-state index contributed by atoms with van der Waals surface area (Å²) in [5, 5.41) is 15.6. The first-order chi connectivity index (χ1) is 8.61. The Morgan fingerprint density at radius 2 is 2.44 bits per heavy atom. The molecule has 0 saturated carbocycles. The van der Waals surface area contributed by atoms with Crippen molar-refractivity contribution < 1.29 is 9.90 Å². The molecule has 5 nitrogen and oxygen atoms in total. The van der Waals surface area contributed by atoms with Gasteiger partial charge in [-0.1, -0.05) is 0 Å². The molecule has 6 heteroatoms. The highest BCUT2D eigenvalue weighted by Crippen LogP contribution is 2.15. The number of hydrogen-bond acceptors (Lipinski definition) is 3. The summed E-state index contributed by atoms with van der Waals surface area (Å²) in [6, 6.07) is 1.81. The number of carbonyl (C=O) groups excluding carboxylic acids is 1. The Labute approximate surface area is 115 Å². The highest BCUT2D eigenvalue weighted by molar-refractivity contribution is 9.10. The van der Waals surface area contributed by atoms with E-state index >= 15 is 0 Å². The van der Waals surface area contributed by atoms with Crippen LogP contribution >= 0.6 is 15.9 Å². The van der Waals surface area contributed by atoms with Gasteiger partial charge in [0.1, 0.15) is 5.69 Å². The van der Waals surface area contributed by atoms with Gasteiger partial charge >= 0.3 is 0 Å². The third-order valence-corrected chi connectivity index (χ3v) is 3.70. The van der Waals surface area contributed by atoms with Gasteiger partial charge in [-0.05, 0) is 28.9 Å². The first-order valence-electron chi connectivity index (χ1n) is 6.14. The van der Waals surface area contributed by atoms with Crippen LogP contribution in [-0.2, 0) is 6.54 Å². The van der Waals surface area contributed by atoms with E-state index in [1.54, 1.807) is 0 Å². The van der Waals surface area contributed by atoms with Gasteiger partial charge in [-0.3, -0.25) is 4.79 Å². The molecule has 2 heterocycles. The van der Waals surface area contributed by atoms with Crippen LogP contribution in [0.3, 0.4) is 0 Å². The van der Waals surface area contributed by atoms with Crippen molar-refractivity contribution in [3.8, 4) is 0 Å². The number of aromatic nitrogens is 1. The molecule has 1 amide bonds. The van der Waals surface area contributed by atoms with E-state index < -0.39 is 0 Å². The van der Waals surface area contributed by atoms with Crippen LogP contribution in [0, 0.1) is 5.92 Å². The number of hydrogen-bond donors (Lipinski definition) is 3. The Balaban J connectivity index is 1.94. The largest absolute Gasteiger partial charge is 0.391 e. The molecule has 2 atom stereocenters. The maximum Gasteiger partial charge on any atom is 0.267 e. The van der Waals surface area contributed by atoms with Crippen molar-refractivity contribution in [2.45, 2.75) is 19.6 Å². The summed E-state index contributed by atoms with van der Waals surface area (Å²) in [4.78, 5) is 12.0. The molecule has 1 aliphatic heterocycles. The second-order valence-electron chi connectivity index (χ2n) is 4.53. The van der Waals surface area contributed by atoms with Crippen LogP contribution in [0.15, 0.2) is 16.7 Å².